The first-order valence-corrected chi connectivity index (χ1v) is 8.25. The van der Waals surface area contributed by atoms with Crippen LogP contribution in [0, 0.1) is 6.92 Å². The minimum absolute atomic E-state index is 0.167. The molecule has 1 N–H and O–H groups in total. The number of likely N-dealkylation sites (N-methyl/N-ethyl adjacent to an activating group) is 1. The summed E-state index contributed by atoms with van der Waals surface area (Å²) in [6, 6.07) is 0.255. The molecular formula is C15H28BrN3O. The molecule has 0 aliphatic heterocycles. The van der Waals surface area contributed by atoms with Gasteiger partial charge >= 0.3 is 0 Å². The molecule has 5 heteroatoms. The molecule has 0 saturated heterocycles. The van der Waals surface area contributed by atoms with Crippen LogP contribution in [-0.2, 0) is 17.7 Å². The lowest BCUT2D eigenvalue weighted by atomic mass is 9.89. The van der Waals surface area contributed by atoms with Gasteiger partial charge in [-0.05, 0) is 57.1 Å². The Morgan fingerprint density at radius 2 is 2.05 bits per heavy atom. The van der Waals surface area contributed by atoms with Crippen LogP contribution in [0.2, 0.25) is 0 Å². The van der Waals surface area contributed by atoms with Crippen LogP contribution in [0.15, 0.2) is 4.47 Å². The normalized spacial score (nSPS) is 16.1. The Morgan fingerprint density at radius 1 is 1.40 bits per heavy atom. The van der Waals surface area contributed by atoms with Crippen molar-refractivity contribution in [2.24, 2.45) is 0 Å². The Kier molecular flexibility index (Phi) is 6.69. The summed E-state index contributed by atoms with van der Waals surface area (Å²) in [4.78, 5) is 0. The van der Waals surface area contributed by atoms with Gasteiger partial charge in [-0.3, -0.25) is 4.68 Å². The molecule has 2 unspecified atom stereocenters. The number of hydrogen-bond donors (Lipinski definition) is 1. The third-order valence-corrected chi connectivity index (χ3v) is 5.14. The summed E-state index contributed by atoms with van der Waals surface area (Å²) in [6.07, 6.45) is 1.87. The van der Waals surface area contributed by atoms with Crippen LogP contribution in [0.1, 0.15) is 45.5 Å². The molecule has 2 atom stereocenters. The largest absolute Gasteiger partial charge is 0.374 e. The topological polar surface area (TPSA) is 39.1 Å². The van der Waals surface area contributed by atoms with Gasteiger partial charge in [-0.25, -0.2) is 0 Å². The smallest absolute Gasteiger partial charge is 0.0807 e. The maximum atomic E-state index is 6.02. The zero-order chi connectivity index (χ0) is 15.3. The van der Waals surface area contributed by atoms with Crippen molar-refractivity contribution in [3.8, 4) is 0 Å². The Labute approximate surface area is 131 Å². The second-order valence-electron chi connectivity index (χ2n) is 5.31. The predicted octanol–water partition coefficient (Wildman–Crippen LogP) is 3.31. The molecule has 116 valence electrons. The number of halogens is 1. The predicted molar refractivity (Wildman–Crippen MR) is 87.2 cm³/mol. The Balaban J connectivity index is 3.04. The van der Waals surface area contributed by atoms with Gasteiger partial charge in [0.1, 0.15) is 0 Å². The molecule has 0 spiro atoms. The third-order valence-electron chi connectivity index (χ3n) is 4.11. The fourth-order valence-corrected chi connectivity index (χ4v) is 3.11. The molecule has 1 aromatic rings. The number of aryl methyl sites for hydroxylation is 2. The monoisotopic (exact) mass is 345 g/mol. The fraction of sp³-hybridized carbons (Fsp3) is 0.800. The third kappa shape index (κ3) is 3.62. The molecule has 0 radical (unpaired) electrons. The van der Waals surface area contributed by atoms with E-state index in [0.29, 0.717) is 0 Å². The molecule has 1 rings (SSSR count). The van der Waals surface area contributed by atoms with Crippen LogP contribution in [0.25, 0.3) is 0 Å². The quantitative estimate of drug-likeness (QED) is 0.785. The number of nitrogens with one attached hydrogen (secondary N) is 1. The van der Waals surface area contributed by atoms with Crippen molar-refractivity contribution in [2.45, 2.75) is 65.6 Å². The average molecular weight is 346 g/mol. The van der Waals surface area contributed by atoms with Crippen molar-refractivity contribution < 1.29 is 4.74 Å². The second kappa shape index (κ2) is 7.57. The lowest BCUT2D eigenvalue weighted by molar-refractivity contribution is -0.0538. The lowest BCUT2D eigenvalue weighted by Gasteiger charge is -2.37. The van der Waals surface area contributed by atoms with E-state index in [2.05, 4.69) is 58.7 Å². The molecule has 0 fully saturated rings. The molecule has 1 heterocycles. The molecule has 0 amide bonds. The zero-order valence-electron chi connectivity index (χ0n) is 13.6. The van der Waals surface area contributed by atoms with E-state index in [1.807, 2.05) is 14.0 Å². The van der Waals surface area contributed by atoms with Crippen LogP contribution >= 0.6 is 15.9 Å². The SMILES string of the molecule is CCOC(C)(CC)C(Cc1c(Br)c(C)nn1CC)NC. The lowest BCUT2D eigenvalue weighted by Crippen LogP contribution is -2.50. The van der Waals surface area contributed by atoms with Gasteiger partial charge in [0.2, 0.25) is 0 Å². The van der Waals surface area contributed by atoms with Crippen molar-refractivity contribution in [1.29, 1.82) is 0 Å². The summed E-state index contributed by atoms with van der Waals surface area (Å²) in [5, 5.41) is 8.00. The van der Waals surface area contributed by atoms with Crippen molar-refractivity contribution >= 4 is 15.9 Å². The van der Waals surface area contributed by atoms with E-state index in [-0.39, 0.29) is 11.6 Å². The van der Waals surface area contributed by atoms with Gasteiger partial charge in [0.25, 0.3) is 0 Å². The minimum atomic E-state index is -0.167. The minimum Gasteiger partial charge on any atom is -0.374 e. The van der Waals surface area contributed by atoms with E-state index in [4.69, 9.17) is 4.74 Å². The highest BCUT2D eigenvalue weighted by Gasteiger charge is 2.33. The number of nitrogens with zero attached hydrogens (tertiary/aromatic N) is 2. The molecule has 0 saturated carbocycles. The Hall–Kier alpha value is -0.390. The van der Waals surface area contributed by atoms with Gasteiger partial charge in [-0.1, -0.05) is 6.92 Å². The molecule has 0 bridgehead atoms. The first-order valence-electron chi connectivity index (χ1n) is 7.46. The molecule has 0 aromatic carbocycles. The van der Waals surface area contributed by atoms with Crippen LogP contribution < -0.4 is 5.32 Å². The number of rotatable bonds is 8. The summed E-state index contributed by atoms with van der Waals surface area (Å²) < 4.78 is 9.21. The van der Waals surface area contributed by atoms with Crippen LogP contribution in [0.5, 0.6) is 0 Å². The highest BCUT2D eigenvalue weighted by atomic mass is 79.9. The van der Waals surface area contributed by atoms with Crippen molar-refractivity contribution in [1.82, 2.24) is 15.1 Å². The standard InChI is InChI=1S/C15H28BrN3O/c1-7-15(5,20-9-3)13(17-6)10-12-14(16)11(4)18-19(12)8-2/h13,17H,7-10H2,1-6H3. The summed E-state index contributed by atoms with van der Waals surface area (Å²) in [5.74, 6) is 0. The molecule has 0 aliphatic rings. The highest BCUT2D eigenvalue weighted by Crippen LogP contribution is 2.27. The Bertz CT molecular complexity index is 433. The maximum absolute atomic E-state index is 6.02. The highest BCUT2D eigenvalue weighted by molar-refractivity contribution is 9.10. The van der Waals surface area contributed by atoms with Gasteiger partial charge in [0.15, 0.2) is 0 Å². The van der Waals surface area contributed by atoms with E-state index >= 15 is 0 Å². The fourth-order valence-electron chi connectivity index (χ4n) is 2.66. The number of ether oxygens (including phenoxy) is 1. The molecule has 1 aromatic heterocycles. The molecule has 20 heavy (non-hydrogen) atoms. The number of hydrogen-bond acceptors (Lipinski definition) is 3. The second-order valence-corrected chi connectivity index (χ2v) is 6.10. The van der Waals surface area contributed by atoms with Crippen molar-refractivity contribution in [3.05, 3.63) is 15.9 Å². The van der Waals surface area contributed by atoms with Crippen molar-refractivity contribution in [2.75, 3.05) is 13.7 Å². The van der Waals surface area contributed by atoms with E-state index < -0.39 is 0 Å². The van der Waals surface area contributed by atoms with E-state index in [1.54, 1.807) is 0 Å². The maximum Gasteiger partial charge on any atom is 0.0807 e. The van der Waals surface area contributed by atoms with Crippen LogP contribution in [-0.4, -0.2) is 35.1 Å². The summed E-state index contributed by atoms with van der Waals surface area (Å²) in [5.41, 5.74) is 2.12. The van der Waals surface area contributed by atoms with E-state index in [9.17, 15) is 0 Å². The van der Waals surface area contributed by atoms with Gasteiger partial charge in [-0.15, -0.1) is 0 Å². The van der Waals surface area contributed by atoms with Crippen LogP contribution in [0.4, 0.5) is 0 Å². The Morgan fingerprint density at radius 3 is 2.50 bits per heavy atom. The summed E-state index contributed by atoms with van der Waals surface area (Å²) in [6.45, 7) is 12.2. The van der Waals surface area contributed by atoms with Crippen molar-refractivity contribution in [3.63, 3.8) is 0 Å². The van der Waals surface area contributed by atoms with Gasteiger partial charge in [-0.2, -0.15) is 5.10 Å². The first kappa shape index (κ1) is 17.7. The van der Waals surface area contributed by atoms with Crippen LogP contribution in [0.3, 0.4) is 0 Å². The number of aromatic nitrogens is 2. The summed E-state index contributed by atoms with van der Waals surface area (Å²) >= 11 is 3.68. The average Bonchev–Trinajstić information content (AvgIpc) is 2.71. The summed E-state index contributed by atoms with van der Waals surface area (Å²) in [7, 11) is 2.00. The molecular weight excluding hydrogens is 318 g/mol. The molecule has 0 aliphatic carbocycles. The van der Waals surface area contributed by atoms with Gasteiger partial charge in [0.05, 0.1) is 21.5 Å². The van der Waals surface area contributed by atoms with E-state index in [0.717, 1.165) is 36.2 Å². The molecule has 4 nitrogen and oxygen atoms in total. The van der Waals surface area contributed by atoms with Gasteiger partial charge < -0.3 is 10.1 Å². The van der Waals surface area contributed by atoms with Gasteiger partial charge in [0, 0.05) is 25.6 Å². The zero-order valence-corrected chi connectivity index (χ0v) is 15.2. The van der Waals surface area contributed by atoms with E-state index in [1.165, 1.54) is 5.69 Å². The first-order chi connectivity index (χ1) is 9.43.